The van der Waals surface area contributed by atoms with E-state index in [1.54, 1.807) is 17.4 Å². The highest BCUT2D eigenvalue weighted by Gasteiger charge is 2.32. The smallest absolute Gasteiger partial charge is 0.249 e. The molecule has 1 amide bonds. The van der Waals surface area contributed by atoms with Gasteiger partial charge in [0.25, 0.3) is 0 Å². The predicted octanol–water partition coefficient (Wildman–Crippen LogP) is 6.55. The third kappa shape index (κ3) is 4.97. The number of hydrogen-bond donors (Lipinski definition) is 1. The van der Waals surface area contributed by atoms with Gasteiger partial charge in [0.15, 0.2) is 0 Å². The Hall–Kier alpha value is -2.38. The minimum absolute atomic E-state index is 0.194. The second-order valence-electron chi connectivity index (χ2n) is 9.27. The number of carbonyl (C=O) groups excluding carboxylic acids is 1. The van der Waals surface area contributed by atoms with Gasteiger partial charge in [-0.3, -0.25) is 4.79 Å². The topological polar surface area (TPSA) is 52.9 Å². The molecule has 29 heavy (non-hydrogen) atoms. The first-order chi connectivity index (χ1) is 13.7. The van der Waals surface area contributed by atoms with Gasteiger partial charge in [-0.1, -0.05) is 58.9 Å². The highest BCUT2D eigenvalue weighted by atomic mass is 32.1. The van der Waals surface area contributed by atoms with Crippen LogP contribution in [0.15, 0.2) is 30.3 Å². The Morgan fingerprint density at radius 1 is 1.28 bits per heavy atom. The summed E-state index contributed by atoms with van der Waals surface area (Å²) < 4.78 is 0. The summed E-state index contributed by atoms with van der Waals surface area (Å²) in [5, 5.41) is 13.3. The second kappa shape index (κ2) is 8.55. The van der Waals surface area contributed by atoms with Crippen LogP contribution in [0.25, 0.3) is 6.08 Å². The van der Waals surface area contributed by atoms with Crippen molar-refractivity contribution in [1.82, 2.24) is 0 Å². The van der Waals surface area contributed by atoms with E-state index in [4.69, 9.17) is 0 Å². The zero-order valence-corrected chi connectivity index (χ0v) is 18.8. The highest BCUT2D eigenvalue weighted by Crippen LogP contribution is 2.43. The van der Waals surface area contributed by atoms with E-state index in [0.717, 1.165) is 30.4 Å². The SMILES string of the molecule is CC(C)c1ccc(C=CC(=O)Nc2sc3c(c2C#N)CCC(C(C)(C)C)C3)cc1. The van der Waals surface area contributed by atoms with Gasteiger partial charge in [-0.15, -0.1) is 11.3 Å². The summed E-state index contributed by atoms with van der Waals surface area (Å²) in [5.41, 5.74) is 4.32. The van der Waals surface area contributed by atoms with Crippen LogP contribution in [0.1, 0.15) is 74.1 Å². The maximum atomic E-state index is 12.5. The number of nitrogens with one attached hydrogen (secondary N) is 1. The Kier molecular flexibility index (Phi) is 6.29. The van der Waals surface area contributed by atoms with Gasteiger partial charge in [0, 0.05) is 11.0 Å². The van der Waals surface area contributed by atoms with Crippen molar-refractivity contribution >= 4 is 28.3 Å². The summed E-state index contributed by atoms with van der Waals surface area (Å²) in [5.74, 6) is 0.904. The predicted molar refractivity (Wildman–Crippen MR) is 122 cm³/mol. The third-order valence-electron chi connectivity index (χ3n) is 5.87. The first-order valence-electron chi connectivity index (χ1n) is 10.3. The lowest BCUT2D eigenvalue weighted by Crippen LogP contribution is -2.26. The van der Waals surface area contributed by atoms with E-state index in [1.165, 1.54) is 10.4 Å². The van der Waals surface area contributed by atoms with E-state index in [2.05, 4.69) is 58.1 Å². The monoisotopic (exact) mass is 406 g/mol. The molecule has 1 unspecified atom stereocenters. The van der Waals surface area contributed by atoms with E-state index in [0.29, 0.717) is 22.4 Å². The molecule has 4 heteroatoms. The van der Waals surface area contributed by atoms with E-state index < -0.39 is 0 Å². The Morgan fingerprint density at radius 3 is 2.55 bits per heavy atom. The van der Waals surface area contributed by atoms with Gasteiger partial charge in [0.1, 0.15) is 11.1 Å². The molecule has 0 radical (unpaired) electrons. The molecule has 1 aromatic heterocycles. The van der Waals surface area contributed by atoms with E-state index >= 15 is 0 Å². The van der Waals surface area contributed by atoms with Crippen molar-refractivity contribution in [1.29, 1.82) is 5.26 Å². The Balaban J connectivity index is 1.72. The third-order valence-corrected chi connectivity index (χ3v) is 7.04. The molecule has 0 saturated carbocycles. The van der Waals surface area contributed by atoms with Gasteiger partial charge >= 0.3 is 0 Å². The van der Waals surface area contributed by atoms with Crippen molar-refractivity contribution in [3.63, 3.8) is 0 Å². The molecule has 1 aromatic carbocycles. The van der Waals surface area contributed by atoms with E-state index in [1.807, 2.05) is 18.2 Å². The number of nitrogens with zero attached hydrogens (tertiary/aromatic N) is 1. The summed E-state index contributed by atoms with van der Waals surface area (Å²) in [6.07, 6.45) is 6.37. The Bertz CT molecular complexity index is 952. The van der Waals surface area contributed by atoms with Gasteiger partial charge in [0.05, 0.1) is 5.56 Å². The molecule has 152 valence electrons. The molecule has 1 aliphatic carbocycles. The molecule has 0 spiro atoms. The number of rotatable bonds is 4. The molecule has 0 aliphatic heterocycles. The van der Waals surface area contributed by atoms with Crippen LogP contribution < -0.4 is 5.32 Å². The molecule has 1 aliphatic rings. The number of benzene rings is 1. The molecule has 3 rings (SSSR count). The van der Waals surface area contributed by atoms with E-state index in [9.17, 15) is 10.1 Å². The van der Waals surface area contributed by atoms with Crippen LogP contribution in [-0.4, -0.2) is 5.91 Å². The fourth-order valence-electron chi connectivity index (χ4n) is 3.85. The molecule has 1 heterocycles. The Morgan fingerprint density at radius 2 is 1.97 bits per heavy atom. The summed E-state index contributed by atoms with van der Waals surface area (Å²) >= 11 is 1.57. The first kappa shape index (κ1) is 21.3. The molecule has 0 saturated heterocycles. The minimum Gasteiger partial charge on any atom is -0.313 e. The van der Waals surface area contributed by atoms with Gasteiger partial charge in [-0.2, -0.15) is 5.26 Å². The maximum absolute atomic E-state index is 12.5. The number of nitriles is 1. The van der Waals surface area contributed by atoms with Gasteiger partial charge in [0.2, 0.25) is 5.91 Å². The number of amides is 1. The fraction of sp³-hybridized carbons (Fsp3) is 0.440. The van der Waals surface area contributed by atoms with Crippen LogP contribution in [0.3, 0.4) is 0 Å². The number of hydrogen-bond acceptors (Lipinski definition) is 3. The van der Waals surface area contributed by atoms with Crippen LogP contribution in [0, 0.1) is 22.7 Å². The number of thiophene rings is 1. The van der Waals surface area contributed by atoms with Crippen LogP contribution in [0.2, 0.25) is 0 Å². The number of carbonyl (C=O) groups is 1. The molecular formula is C25H30N2OS. The number of anilines is 1. The highest BCUT2D eigenvalue weighted by molar-refractivity contribution is 7.16. The van der Waals surface area contributed by atoms with Gasteiger partial charge in [-0.05, 0) is 59.3 Å². The van der Waals surface area contributed by atoms with Crippen LogP contribution in [0.4, 0.5) is 5.00 Å². The fourth-order valence-corrected chi connectivity index (χ4v) is 5.13. The molecule has 1 N–H and O–H groups in total. The zero-order chi connectivity index (χ0) is 21.2. The van der Waals surface area contributed by atoms with Crippen molar-refractivity contribution in [2.75, 3.05) is 5.32 Å². The largest absolute Gasteiger partial charge is 0.313 e. The summed E-state index contributed by atoms with van der Waals surface area (Å²) in [4.78, 5) is 13.7. The van der Waals surface area contributed by atoms with Crippen LogP contribution >= 0.6 is 11.3 Å². The first-order valence-corrected chi connectivity index (χ1v) is 11.1. The molecule has 0 fully saturated rings. The van der Waals surface area contributed by atoms with Crippen LogP contribution in [0.5, 0.6) is 0 Å². The van der Waals surface area contributed by atoms with Crippen molar-refractivity contribution < 1.29 is 4.79 Å². The molecule has 0 bridgehead atoms. The summed E-state index contributed by atoms with van der Waals surface area (Å²) in [7, 11) is 0. The van der Waals surface area contributed by atoms with Gasteiger partial charge < -0.3 is 5.32 Å². The molecular weight excluding hydrogens is 376 g/mol. The number of fused-ring (bicyclic) bond motifs is 1. The second-order valence-corrected chi connectivity index (χ2v) is 10.4. The average Bonchev–Trinajstić information content (AvgIpc) is 3.02. The van der Waals surface area contributed by atoms with Crippen molar-refractivity contribution in [3.8, 4) is 6.07 Å². The average molecular weight is 407 g/mol. The van der Waals surface area contributed by atoms with Crippen molar-refractivity contribution in [2.24, 2.45) is 11.3 Å². The lowest BCUT2D eigenvalue weighted by atomic mass is 9.72. The van der Waals surface area contributed by atoms with E-state index in [-0.39, 0.29) is 11.3 Å². The Labute approximate surface area is 178 Å². The lowest BCUT2D eigenvalue weighted by molar-refractivity contribution is -0.111. The normalized spacial score (nSPS) is 16.7. The summed E-state index contributed by atoms with van der Waals surface area (Å²) in [6, 6.07) is 10.6. The zero-order valence-electron chi connectivity index (χ0n) is 18.0. The minimum atomic E-state index is -0.194. The van der Waals surface area contributed by atoms with Crippen molar-refractivity contribution in [2.45, 2.75) is 59.8 Å². The van der Waals surface area contributed by atoms with Crippen LogP contribution in [-0.2, 0) is 17.6 Å². The molecule has 3 nitrogen and oxygen atoms in total. The molecule has 2 aromatic rings. The maximum Gasteiger partial charge on any atom is 0.249 e. The standard InChI is InChI=1S/C25H30N2OS/c1-16(2)18-9-6-17(7-10-18)8-13-23(28)27-24-21(15-26)20-12-11-19(25(3,4)5)14-22(20)29-24/h6-10,13,16,19H,11-12,14H2,1-5H3,(H,27,28). The molecule has 1 atom stereocenters. The van der Waals surface area contributed by atoms with Gasteiger partial charge in [-0.25, -0.2) is 0 Å². The summed E-state index contributed by atoms with van der Waals surface area (Å²) in [6.45, 7) is 11.2. The quantitative estimate of drug-likeness (QED) is 0.586. The van der Waals surface area contributed by atoms with Crippen molar-refractivity contribution in [3.05, 3.63) is 57.5 Å². The lowest BCUT2D eigenvalue weighted by Gasteiger charge is -2.33.